The van der Waals surface area contributed by atoms with Crippen LogP contribution < -0.4 is 10.9 Å². The lowest BCUT2D eigenvalue weighted by Gasteiger charge is -2.17. The van der Waals surface area contributed by atoms with Crippen LogP contribution in [0.1, 0.15) is 42.3 Å². The lowest BCUT2D eigenvalue weighted by Crippen LogP contribution is -2.34. The second-order valence-corrected chi connectivity index (χ2v) is 8.75. The van der Waals surface area contributed by atoms with Crippen molar-refractivity contribution in [1.82, 2.24) is 14.9 Å². The number of aromatic nitrogens is 2. The van der Waals surface area contributed by atoms with Gasteiger partial charge in [0.25, 0.3) is 5.56 Å². The van der Waals surface area contributed by atoms with Crippen LogP contribution in [0.4, 0.5) is 8.78 Å². The monoisotopic (exact) mass is 417 g/mol. The first-order valence-corrected chi connectivity index (χ1v) is 10.4. The Hall–Kier alpha value is -2.61. The summed E-state index contributed by atoms with van der Waals surface area (Å²) in [6, 6.07) is 2.56. The van der Waals surface area contributed by atoms with E-state index in [0.717, 1.165) is 37.0 Å². The molecule has 1 aliphatic carbocycles. The molecule has 2 heterocycles. The number of carbonyl (C=O) groups excluding carboxylic acids is 1. The van der Waals surface area contributed by atoms with Crippen molar-refractivity contribution in [3.05, 3.63) is 62.5 Å². The molecular weight excluding hydrogens is 396 g/mol. The summed E-state index contributed by atoms with van der Waals surface area (Å²) < 4.78 is 28.3. The summed E-state index contributed by atoms with van der Waals surface area (Å²) in [7, 11) is 0. The third-order valence-corrected chi connectivity index (χ3v) is 6.56. The molecule has 5 nitrogen and oxygen atoms in total. The maximum absolute atomic E-state index is 13.9. The summed E-state index contributed by atoms with van der Waals surface area (Å²) in [5.74, 6) is -1.25. The molecule has 1 aromatic carbocycles. The topological polar surface area (TPSA) is 64.0 Å². The van der Waals surface area contributed by atoms with E-state index < -0.39 is 23.6 Å². The maximum Gasteiger partial charge on any atom is 0.262 e. The fraction of sp³-hybridized carbons (Fsp3) is 0.381. The van der Waals surface area contributed by atoms with E-state index in [1.807, 2.05) is 0 Å². The number of aryl methyl sites for hydroxylation is 1. The highest BCUT2D eigenvalue weighted by molar-refractivity contribution is 7.18. The number of nitrogens with one attached hydrogen (secondary N) is 1. The molecule has 1 amide bonds. The van der Waals surface area contributed by atoms with Crippen LogP contribution in [0.2, 0.25) is 0 Å². The lowest BCUT2D eigenvalue weighted by molar-refractivity contribution is -0.122. The number of amides is 1. The highest BCUT2D eigenvalue weighted by atomic mass is 32.1. The Labute approximate surface area is 170 Å². The molecule has 3 aromatic rings. The Morgan fingerprint density at radius 2 is 2.21 bits per heavy atom. The molecule has 0 aliphatic heterocycles. The number of fused-ring (bicyclic) bond motifs is 3. The largest absolute Gasteiger partial charge is 0.348 e. The van der Waals surface area contributed by atoms with Gasteiger partial charge in [-0.3, -0.25) is 14.2 Å². The van der Waals surface area contributed by atoms with Gasteiger partial charge in [0, 0.05) is 16.5 Å². The predicted octanol–water partition coefficient (Wildman–Crippen LogP) is 3.74. The minimum atomic E-state index is -0.725. The van der Waals surface area contributed by atoms with Gasteiger partial charge in [0.2, 0.25) is 5.91 Å². The van der Waals surface area contributed by atoms with Crippen molar-refractivity contribution < 1.29 is 13.6 Å². The number of carbonyl (C=O) groups is 1. The van der Waals surface area contributed by atoms with Gasteiger partial charge >= 0.3 is 0 Å². The number of rotatable bonds is 4. The van der Waals surface area contributed by atoms with E-state index in [0.29, 0.717) is 16.1 Å². The third-order valence-electron chi connectivity index (χ3n) is 5.40. The molecule has 152 valence electrons. The number of thiophene rings is 1. The van der Waals surface area contributed by atoms with E-state index in [9.17, 15) is 18.4 Å². The van der Waals surface area contributed by atoms with Crippen molar-refractivity contribution in [2.24, 2.45) is 5.92 Å². The third kappa shape index (κ3) is 3.81. The summed E-state index contributed by atoms with van der Waals surface area (Å²) in [5.41, 5.74) is 1.02. The van der Waals surface area contributed by atoms with E-state index in [2.05, 4.69) is 17.2 Å². The molecule has 0 saturated heterocycles. The van der Waals surface area contributed by atoms with Gasteiger partial charge in [-0.15, -0.1) is 11.3 Å². The van der Waals surface area contributed by atoms with Gasteiger partial charge in [0.05, 0.1) is 17.8 Å². The van der Waals surface area contributed by atoms with Crippen molar-refractivity contribution in [3.8, 4) is 0 Å². The van der Waals surface area contributed by atoms with Gasteiger partial charge in [-0.2, -0.15) is 0 Å². The summed E-state index contributed by atoms with van der Waals surface area (Å²) in [6.07, 6.45) is 4.23. The second kappa shape index (κ2) is 7.67. The highest BCUT2D eigenvalue weighted by Crippen LogP contribution is 2.35. The molecule has 0 unspecified atom stereocenters. The average Bonchev–Trinajstić information content (AvgIpc) is 3.02. The van der Waals surface area contributed by atoms with E-state index in [-0.39, 0.29) is 17.7 Å². The zero-order chi connectivity index (χ0) is 20.7. The quantitative estimate of drug-likeness (QED) is 0.703. The number of halogens is 2. The maximum atomic E-state index is 13.9. The van der Waals surface area contributed by atoms with Crippen molar-refractivity contribution in [1.29, 1.82) is 0 Å². The Balaban J connectivity index is 1.55. The Morgan fingerprint density at radius 3 is 2.97 bits per heavy atom. The highest BCUT2D eigenvalue weighted by Gasteiger charge is 2.23. The Bertz CT molecular complexity index is 1150. The van der Waals surface area contributed by atoms with Crippen LogP contribution in [0.15, 0.2) is 29.3 Å². The number of nitrogens with zero attached hydrogens (tertiary/aromatic N) is 2. The zero-order valence-electron chi connectivity index (χ0n) is 16.2. The fourth-order valence-corrected chi connectivity index (χ4v) is 5.19. The smallest absolute Gasteiger partial charge is 0.262 e. The molecule has 0 spiro atoms. The SMILES string of the molecule is C[C@H]1CCc2c(sc3ncn(CC(=O)N[C@@H](C)c4ccc(F)cc4F)c(=O)c23)C1. The van der Waals surface area contributed by atoms with Crippen molar-refractivity contribution in [2.45, 2.75) is 45.7 Å². The summed E-state index contributed by atoms with van der Waals surface area (Å²) >= 11 is 1.56. The molecule has 0 bridgehead atoms. The molecule has 8 heteroatoms. The van der Waals surface area contributed by atoms with Crippen LogP contribution >= 0.6 is 11.3 Å². The molecular formula is C21H21F2N3O2S. The summed E-state index contributed by atoms with van der Waals surface area (Å²) in [6.45, 7) is 3.60. The molecule has 1 aliphatic rings. The average molecular weight is 417 g/mol. The van der Waals surface area contributed by atoms with Crippen LogP contribution in [0.3, 0.4) is 0 Å². The minimum Gasteiger partial charge on any atom is -0.348 e. The molecule has 4 rings (SSSR count). The Kier molecular flexibility index (Phi) is 5.21. The fourth-order valence-electron chi connectivity index (χ4n) is 3.85. The van der Waals surface area contributed by atoms with Gasteiger partial charge in [0.15, 0.2) is 0 Å². The van der Waals surface area contributed by atoms with E-state index >= 15 is 0 Å². The zero-order valence-corrected chi connectivity index (χ0v) is 17.0. The van der Waals surface area contributed by atoms with Gasteiger partial charge in [-0.25, -0.2) is 13.8 Å². The lowest BCUT2D eigenvalue weighted by atomic mass is 9.89. The normalized spacial score (nSPS) is 17.2. The Morgan fingerprint density at radius 1 is 1.41 bits per heavy atom. The number of hydrogen-bond acceptors (Lipinski definition) is 4. The first-order valence-electron chi connectivity index (χ1n) is 9.57. The van der Waals surface area contributed by atoms with Crippen LogP contribution in [0.5, 0.6) is 0 Å². The second-order valence-electron chi connectivity index (χ2n) is 7.66. The van der Waals surface area contributed by atoms with Crippen LogP contribution in [0.25, 0.3) is 10.2 Å². The standard InChI is InChI=1S/C21H21F2N3O2S/c1-11-3-5-15-17(7-11)29-20-19(15)21(28)26(10-24-20)9-18(27)25-12(2)14-6-4-13(22)8-16(14)23/h4,6,8,10-12H,3,5,7,9H2,1-2H3,(H,25,27)/t11-,12-/m0/s1. The molecule has 29 heavy (non-hydrogen) atoms. The van der Waals surface area contributed by atoms with Crippen LogP contribution in [-0.4, -0.2) is 15.5 Å². The first kappa shape index (κ1) is 19.7. The number of benzene rings is 1. The van der Waals surface area contributed by atoms with E-state index in [1.165, 1.54) is 21.8 Å². The van der Waals surface area contributed by atoms with Crippen molar-refractivity contribution in [2.75, 3.05) is 0 Å². The number of hydrogen-bond donors (Lipinski definition) is 1. The molecule has 0 saturated carbocycles. The first-order chi connectivity index (χ1) is 13.8. The molecule has 1 N–H and O–H groups in total. The van der Waals surface area contributed by atoms with Gasteiger partial charge in [-0.05, 0) is 43.7 Å². The molecule has 0 fully saturated rings. The van der Waals surface area contributed by atoms with Gasteiger partial charge < -0.3 is 5.32 Å². The van der Waals surface area contributed by atoms with Crippen molar-refractivity contribution in [3.63, 3.8) is 0 Å². The molecule has 2 atom stereocenters. The van der Waals surface area contributed by atoms with Crippen LogP contribution in [-0.2, 0) is 24.2 Å². The van der Waals surface area contributed by atoms with E-state index in [4.69, 9.17) is 0 Å². The van der Waals surface area contributed by atoms with Crippen molar-refractivity contribution >= 4 is 27.5 Å². The van der Waals surface area contributed by atoms with E-state index in [1.54, 1.807) is 18.3 Å². The molecule has 2 aromatic heterocycles. The summed E-state index contributed by atoms with van der Waals surface area (Å²) in [4.78, 5) is 31.7. The minimum absolute atomic E-state index is 0.182. The van der Waals surface area contributed by atoms with Crippen LogP contribution in [0, 0.1) is 17.6 Å². The van der Waals surface area contributed by atoms with Gasteiger partial charge in [-0.1, -0.05) is 13.0 Å². The van der Waals surface area contributed by atoms with Gasteiger partial charge in [0.1, 0.15) is 23.0 Å². The molecule has 0 radical (unpaired) electrons. The predicted molar refractivity (Wildman–Crippen MR) is 108 cm³/mol. The summed E-state index contributed by atoms with van der Waals surface area (Å²) in [5, 5.41) is 3.27.